The molecule has 0 amide bonds. The van der Waals surface area contributed by atoms with Crippen molar-refractivity contribution in [2.45, 2.75) is 32.2 Å². The first-order chi connectivity index (χ1) is 6.74. The Kier molecular flexibility index (Phi) is 2.82. The lowest BCUT2D eigenvalue weighted by atomic mass is 10.0. The molecule has 76 valence electrons. The van der Waals surface area contributed by atoms with Crippen molar-refractivity contribution in [3.8, 4) is 0 Å². The number of hydrogen-bond donors (Lipinski definition) is 1. The van der Waals surface area contributed by atoms with Gasteiger partial charge in [0.25, 0.3) is 0 Å². The summed E-state index contributed by atoms with van der Waals surface area (Å²) >= 11 is 0. The highest BCUT2D eigenvalue weighted by Gasteiger charge is 2.14. The van der Waals surface area contributed by atoms with Gasteiger partial charge in [0.2, 0.25) is 0 Å². The number of benzene rings is 1. The third-order valence-corrected chi connectivity index (χ3v) is 2.75. The van der Waals surface area contributed by atoms with Gasteiger partial charge < -0.3 is 5.32 Å². The Balaban J connectivity index is 2.07. The molecule has 1 aliphatic heterocycles. The monoisotopic (exact) mass is 193 g/mol. The molecule has 1 unspecified atom stereocenters. The van der Waals surface area contributed by atoms with Crippen LogP contribution in [0.5, 0.6) is 0 Å². The zero-order chi connectivity index (χ0) is 9.97. The van der Waals surface area contributed by atoms with Crippen LogP contribution >= 0.6 is 0 Å². The summed E-state index contributed by atoms with van der Waals surface area (Å²) < 4.78 is 13.1. The van der Waals surface area contributed by atoms with E-state index in [2.05, 4.69) is 11.4 Å². The van der Waals surface area contributed by atoms with Gasteiger partial charge in [0.15, 0.2) is 0 Å². The molecule has 1 nitrogen and oxygen atoms in total. The predicted molar refractivity (Wildman–Crippen MR) is 55.9 cm³/mol. The number of nitrogens with one attached hydrogen (secondary N) is 1. The van der Waals surface area contributed by atoms with Gasteiger partial charge in [0.1, 0.15) is 5.82 Å². The lowest BCUT2D eigenvalue weighted by Gasteiger charge is -2.10. The Morgan fingerprint density at radius 1 is 1.43 bits per heavy atom. The smallest absolute Gasteiger partial charge is 0.123 e. The van der Waals surface area contributed by atoms with E-state index in [0.29, 0.717) is 6.04 Å². The van der Waals surface area contributed by atoms with Gasteiger partial charge in [-0.15, -0.1) is 0 Å². The zero-order valence-electron chi connectivity index (χ0n) is 8.52. The summed E-state index contributed by atoms with van der Waals surface area (Å²) in [6.07, 6.45) is 3.42. The first-order valence-corrected chi connectivity index (χ1v) is 5.23. The molecule has 1 aliphatic rings. The average Bonchev–Trinajstić information content (AvgIpc) is 2.54. The molecule has 0 spiro atoms. The molecule has 2 heteroatoms. The summed E-state index contributed by atoms with van der Waals surface area (Å²) in [5, 5.41) is 3.42. The summed E-state index contributed by atoms with van der Waals surface area (Å²) in [6.45, 7) is 3.05. The Hall–Kier alpha value is -0.890. The fourth-order valence-electron chi connectivity index (χ4n) is 2.15. The fraction of sp³-hybridized carbons (Fsp3) is 0.500. The van der Waals surface area contributed by atoms with Crippen molar-refractivity contribution in [1.82, 2.24) is 5.32 Å². The summed E-state index contributed by atoms with van der Waals surface area (Å²) in [4.78, 5) is 0. The quantitative estimate of drug-likeness (QED) is 0.760. The Labute approximate surface area is 84.3 Å². The largest absolute Gasteiger partial charge is 0.314 e. The molecule has 14 heavy (non-hydrogen) atoms. The van der Waals surface area contributed by atoms with E-state index in [1.165, 1.54) is 12.8 Å². The second kappa shape index (κ2) is 4.09. The first-order valence-electron chi connectivity index (χ1n) is 5.23. The normalized spacial score (nSPS) is 21.4. The maximum absolute atomic E-state index is 13.1. The van der Waals surface area contributed by atoms with E-state index in [1.807, 2.05) is 6.92 Å². The molecule has 1 fully saturated rings. The summed E-state index contributed by atoms with van der Waals surface area (Å²) in [5.41, 5.74) is 2.12. The lowest BCUT2D eigenvalue weighted by molar-refractivity contribution is 0.592. The second-order valence-corrected chi connectivity index (χ2v) is 4.13. The van der Waals surface area contributed by atoms with Crippen LogP contribution < -0.4 is 5.32 Å². The number of hydrogen-bond acceptors (Lipinski definition) is 1. The van der Waals surface area contributed by atoms with Gasteiger partial charge in [-0.1, -0.05) is 6.07 Å². The van der Waals surface area contributed by atoms with Crippen LogP contribution in [0.3, 0.4) is 0 Å². The third-order valence-electron chi connectivity index (χ3n) is 2.75. The summed E-state index contributed by atoms with van der Waals surface area (Å²) in [7, 11) is 0. The fourth-order valence-corrected chi connectivity index (χ4v) is 2.15. The SMILES string of the molecule is Cc1cc(F)cc(CC2CCCN2)c1. The maximum Gasteiger partial charge on any atom is 0.123 e. The van der Waals surface area contributed by atoms with Crippen LogP contribution in [-0.4, -0.2) is 12.6 Å². The van der Waals surface area contributed by atoms with Crippen LogP contribution in [0.15, 0.2) is 18.2 Å². The van der Waals surface area contributed by atoms with Crippen molar-refractivity contribution in [2.24, 2.45) is 0 Å². The molecular weight excluding hydrogens is 177 g/mol. The number of halogens is 1. The molecule has 1 aromatic rings. The van der Waals surface area contributed by atoms with Crippen molar-refractivity contribution in [3.05, 3.63) is 35.1 Å². The van der Waals surface area contributed by atoms with Crippen LogP contribution in [0.2, 0.25) is 0 Å². The first kappa shape index (κ1) is 9.66. The maximum atomic E-state index is 13.1. The van der Waals surface area contributed by atoms with Crippen LogP contribution in [-0.2, 0) is 6.42 Å². The zero-order valence-corrected chi connectivity index (χ0v) is 8.52. The highest BCUT2D eigenvalue weighted by Crippen LogP contribution is 2.14. The van der Waals surface area contributed by atoms with E-state index in [-0.39, 0.29) is 5.82 Å². The van der Waals surface area contributed by atoms with Gasteiger partial charge in [-0.3, -0.25) is 0 Å². The van der Waals surface area contributed by atoms with Gasteiger partial charge in [-0.05, 0) is 56.0 Å². The van der Waals surface area contributed by atoms with Gasteiger partial charge >= 0.3 is 0 Å². The van der Waals surface area contributed by atoms with Crippen molar-refractivity contribution in [1.29, 1.82) is 0 Å². The molecule has 1 atom stereocenters. The molecule has 0 bridgehead atoms. The van der Waals surface area contributed by atoms with Crippen molar-refractivity contribution in [2.75, 3.05) is 6.54 Å². The van der Waals surface area contributed by atoms with Crippen molar-refractivity contribution >= 4 is 0 Å². The van der Waals surface area contributed by atoms with Gasteiger partial charge in [-0.2, -0.15) is 0 Å². The molecule has 1 aromatic carbocycles. The van der Waals surface area contributed by atoms with Crippen molar-refractivity contribution < 1.29 is 4.39 Å². The molecule has 0 aliphatic carbocycles. The minimum atomic E-state index is -0.113. The predicted octanol–water partition coefficient (Wildman–Crippen LogP) is 2.43. The van der Waals surface area contributed by atoms with E-state index in [4.69, 9.17) is 0 Å². The molecular formula is C12H16FN. The molecule has 1 N–H and O–H groups in total. The van der Waals surface area contributed by atoms with E-state index in [1.54, 1.807) is 12.1 Å². The van der Waals surface area contributed by atoms with Crippen LogP contribution in [0.4, 0.5) is 4.39 Å². The van der Waals surface area contributed by atoms with Gasteiger partial charge in [0, 0.05) is 6.04 Å². The van der Waals surface area contributed by atoms with E-state index >= 15 is 0 Å². The Bertz CT molecular complexity index is 296. The summed E-state index contributed by atoms with van der Waals surface area (Å²) in [5.74, 6) is -0.113. The standard InChI is InChI=1S/C12H16FN/c1-9-5-10(7-11(13)6-9)8-12-3-2-4-14-12/h5-7,12,14H,2-4,8H2,1H3. The average molecular weight is 193 g/mol. The van der Waals surface area contributed by atoms with Crippen LogP contribution in [0.1, 0.15) is 24.0 Å². The highest BCUT2D eigenvalue weighted by molar-refractivity contribution is 5.24. The van der Waals surface area contributed by atoms with E-state index < -0.39 is 0 Å². The lowest BCUT2D eigenvalue weighted by Crippen LogP contribution is -2.23. The minimum absolute atomic E-state index is 0.113. The molecule has 0 saturated carbocycles. The minimum Gasteiger partial charge on any atom is -0.314 e. The molecule has 0 radical (unpaired) electrons. The molecule has 1 saturated heterocycles. The number of aryl methyl sites for hydroxylation is 1. The Morgan fingerprint density at radius 2 is 2.29 bits per heavy atom. The molecule has 0 aromatic heterocycles. The summed E-state index contributed by atoms with van der Waals surface area (Å²) in [6, 6.07) is 5.85. The third kappa shape index (κ3) is 2.32. The highest BCUT2D eigenvalue weighted by atomic mass is 19.1. The Morgan fingerprint density at radius 3 is 2.93 bits per heavy atom. The number of rotatable bonds is 2. The van der Waals surface area contributed by atoms with Crippen molar-refractivity contribution in [3.63, 3.8) is 0 Å². The molecule has 2 rings (SSSR count). The molecule has 1 heterocycles. The van der Waals surface area contributed by atoms with Gasteiger partial charge in [-0.25, -0.2) is 4.39 Å². The second-order valence-electron chi connectivity index (χ2n) is 4.13. The van der Waals surface area contributed by atoms with Gasteiger partial charge in [0.05, 0.1) is 0 Å². The van der Waals surface area contributed by atoms with E-state index in [0.717, 1.165) is 24.1 Å². The van der Waals surface area contributed by atoms with Crippen LogP contribution in [0.25, 0.3) is 0 Å². The topological polar surface area (TPSA) is 12.0 Å². The van der Waals surface area contributed by atoms with Crippen LogP contribution in [0, 0.1) is 12.7 Å². The van der Waals surface area contributed by atoms with E-state index in [9.17, 15) is 4.39 Å².